The van der Waals surface area contributed by atoms with Crippen molar-refractivity contribution in [1.82, 2.24) is 4.90 Å². The molecule has 0 heterocycles. The molecule has 0 aliphatic heterocycles. The van der Waals surface area contributed by atoms with E-state index in [0.29, 0.717) is 11.4 Å². The van der Waals surface area contributed by atoms with Crippen LogP contribution in [-0.2, 0) is 10.1 Å². The Labute approximate surface area is 164 Å². The van der Waals surface area contributed by atoms with Crippen molar-refractivity contribution in [3.8, 4) is 0 Å². The molecule has 146 valence electrons. The number of nitrogens with one attached hydrogen (secondary N) is 1. The Morgan fingerprint density at radius 1 is 0.929 bits per heavy atom. The topological polar surface area (TPSA) is 94.4 Å². The van der Waals surface area contributed by atoms with Gasteiger partial charge >= 0.3 is 0 Å². The summed E-state index contributed by atoms with van der Waals surface area (Å²) in [6.07, 6.45) is 0. The number of likely N-dealkylation sites (N-methyl/N-ethyl adjacent to an activating group) is 1. The Morgan fingerprint density at radius 3 is 2.25 bits per heavy atom. The lowest BCUT2D eigenvalue weighted by molar-refractivity contribution is 0.425. The minimum absolute atomic E-state index is 0.176. The van der Waals surface area contributed by atoms with Crippen LogP contribution in [0.15, 0.2) is 75.8 Å². The Morgan fingerprint density at radius 2 is 1.61 bits per heavy atom. The first kappa shape index (κ1) is 19.9. The van der Waals surface area contributed by atoms with E-state index in [1.165, 1.54) is 24.3 Å². The molecule has 3 aromatic rings. The van der Waals surface area contributed by atoms with E-state index < -0.39 is 10.1 Å². The standard InChI is InChI=1S/C20H22N4O3S/c1-24(2)14-13-21-19-11-12-20(18-6-4-3-5-17(18)19)23-22-15-7-9-16(10-8-15)28(25,26)27/h3-12,21H,13-14H2,1-2H3,(H,25,26,27). The third-order valence-electron chi connectivity index (χ3n) is 4.18. The van der Waals surface area contributed by atoms with Crippen molar-refractivity contribution in [2.45, 2.75) is 4.90 Å². The summed E-state index contributed by atoms with van der Waals surface area (Å²) in [6.45, 7) is 1.76. The second-order valence-corrected chi connectivity index (χ2v) is 8.00. The van der Waals surface area contributed by atoms with Crippen molar-refractivity contribution in [2.24, 2.45) is 10.2 Å². The summed E-state index contributed by atoms with van der Waals surface area (Å²) in [5.74, 6) is 0. The van der Waals surface area contributed by atoms with Crippen LogP contribution in [0.5, 0.6) is 0 Å². The maximum Gasteiger partial charge on any atom is 0.294 e. The van der Waals surface area contributed by atoms with Crippen molar-refractivity contribution in [2.75, 3.05) is 32.5 Å². The molecule has 3 rings (SSSR count). The van der Waals surface area contributed by atoms with Gasteiger partial charge in [-0.05, 0) is 50.5 Å². The number of anilines is 1. The predicted octanol–water partition coefficient (Wildman–Crippen LogP) is 4.48. The third-order valence-corrected chi connectivity index (χ3v) is 5.05. The molecule has 0 saturated carbocycles. The fourth-order valence-corrected chi connectivity index (χ4v) is 3.22. The lowest BCUT2D eigenvalue weighted by atomic mass is 10.1. The van der Waals surface area contributed by atoms with Crippen LogP contribution >= 0.6 is 0 Å². The molecular weight excluding hydrogens is 376 g/mol. The van der Waals surface area contributed by atoms with E-state index in [4.69, 9.17) is 4.55 Å². The predicted molar refractivity (Wildman–Crippen MR) is 111 cm³/mol. The molecule has 0 saturated heterocycles. The first-order valence-electron chi connectivity index (χ1n) is 8.74. The zero-order valence-corrected chi connectivity index (χ0v) is 16.5. The number of hydrogen-bond donors (Lipinski definition) is 2. The highest BCUT2D eigenvalue weighted by molar-refractivity contribution is 7.85. The van der Waals surface area contributed by atoms with Crippen LogP contribution in [0.2, 0.25) is 0 Å². The first-order chi connectivity index (χ1) is 13.3. The minimum atomic E-state index is -4.22. The Bertz CT molecular complexity index is 1090. The Hall–Kier alpha value is -2.81. The van der Waals surface area contributed by atoms with Gasteiger partial charge < -0.3 is 10.2 Å². The van der Waals surface area contributed by atoms with Crippen molar-refractivity contribution >= 4 is 38.0 Å². The van der Waals surface area contributed by atoms with Gasteiger partial charge in [0.15, 0.2) is 0 Å². The number of hydrogen-bond acceptors (Lipinski definition) is 6. The molecule has 0 bridgehead atoms. The zero-order valence-electron chi connectivity index (χ0n) is 15.7. The molecule has 0 amide bonds. The summed E-state index contributed by atoms with van der Waals surface area (Å²) in [7, 11) is -0.149. The number of nitrogens with zero attached hydrogens (tertiary/aromatic N) is 3. The smallest absolute Gasteiger partial charge is 0.294 e. The summed E-state index contributed by atoms with van der Waals surface area (Å²) < 4.78 is 31.2. The molecule has 0 spiro atoms. The molecule has 7 nitrogen and oxygen atoms in total. The number of azo groups is 1. The minimum Gasteiger partial charge on any atom is -0.383 e. The van der Waals surface area contributed by atoms with Gasteiger partial charge in [0.2, 0.25) is 0 Å². The largest absolute Gasteiger partial charge is 0.383 e. The summed E-state index contributed by atoms with van der Waals surface area (Å²) >= 11 is 0. The quantitative estimate of drug-likeness (QED) is 0.452. The summed E-state index contributed by atoms with van der Waals surface area (Å²) in [5.41, 5.74) is 2.24. The van der Waals surface area contributed by atoms with Gasteiger partial charge in [-0.1, -0.05) is 24.3 Å². The maximum absolute atomic E-state index is 11.1. The van der Waals surface area contributed by atoms with E-state index in [0.717, 1.165) is 29.5 Å². The number of rotatable bonds is 7. The summed E-state index contributed by atoms with van der Waals surface area (Å²) in [4.78, 5) is 1.94. The fraction of sp³-hybridized carbons (Fsp3) is 0.200. The van der Waals surface area contributed by atoms with Crippen LogP contribution in [0.3, 0.4) is 0 Å². The van der Waals surface area contributed by atoms with E-state index in [-0.39, 0.29) is 4.90 Å². The van der Waals surface area contributed by atoms with E-state index >= 15 is 0 Å². The van der Waals surface area contributed by atoms with Gasteiger partial charge in [0, 0.05) is 29.5 Å². The second kappa shape index (κ2) is 8.47. The van der Waals surface area contributed by atoms with Gasteiger partial charge in [-0.3, -0.25) is 4.55 Å². The molecule has 0 fully saturated rings. The van der Waals surface area contributed by atoms with Crippen LogP contribution in [0, 0.1) is 0 Å². The third kappa shape index (κ3) is 4.92. The molecule has 0 aromatic heterocycles. The molecule has 0 unspecified atom stereocenters. The molecule has 3 aromatic carbocycles. The van der Waals surface area contributed by atoms with Crippen molar-refractivity contribution in [1.29, 1.82) is 0 Å². The van der Waals surface area contributed by atoms with E-state index in [1.807, 2.05) is 50.5 Å². The normalized spacial score (nSPS) is 12.1. The molecule has 0 atom stereocenters. The SMILES string of the molecule is CN(C)CCNc1ccc(N=Nc2ccc(S(=O)(=O)O)cc2)c2ccccc12. The summed E-state index contributed by atoms with van der Waals surface area (Å²) in [6, 6.07) is 17.4. The zero-order chi connectivity index (χ0) is 20.1. The number of benzene rings is 3. The van der Waals surface area contributed by atoms with Gasteiger partial charge in [0.05, 0.1) is 16.3 Å². The number of fused-ring (bicyclic) bond motifs is 1. The lowest BCUT2D eigenvalue weighted by Gasteiger charge is -2.13. The van der Waals surface area contributed by atoms with Gasteiger partial charge in [-0.25, -0.2) is 0 Å². The fourth-order valence-electron chi connectivity index (χ4n) is 2.74. The highest BCUT2D eigenvalue weighted by Gasteiger charge is 2.09. The van der Waals surface area contributed by atoms with Crippen LogP contribution in [0.1, 0.15) is 0 Å². The van der Waals surface area contributed by atoms with E-state index in [1.54, 1.807) is 0 Å². The second-order valence-electron chi connectivity index (χ2n) is 6.58. The van der Waals surface area contributed by atoms with Gasteiger partial charge in [-0.2, -0.15) is 13.5 Å². The highest BCUT2D eigenvalue weighted by atomic mass is 32.2. The van der Waals surface area contributed by atoms with Gasteiger partial charge in [0.1, 0.15) is 0 Å². The van der Waals surface area contributed by atoms with Crippen LogP contribution in [0.4, 0.5) is 17.1 Å². The van der Waals surface area contributed by atoms with Gasteiger partial charge in [0.25, 0.3) is 10.1 Å². The van der Waals surface area contributed by atoms with E-state index in [9.17, 15) is 8.42 Å². The van der Waals surface area contributed by atoms with Crippen LogP contribution in [-0.4, -0.2) is 45.1 Å². The average Bonchev–Trinajstić information content (AvgIpc) is 2.66. The van der Waals surface area contributed by atoms with Crippen LogP contribution < -0.4 is 5.32 Å². The molecule has 0 aliphatic carbocycles. The molecule has 2 N–H and O–H groups in total. The monoisotopic (exact) mass is 398 g/mol. The van der Waals surface area contributed by atoms with Gasteiger partial charge in [-0.15, -0.1) is 5.11 Å². The Kier molecular flexibility index (Phi) is 6.03. The maximum atomic E-state index is 11.1. The Balaban J connectivity index is 1.86. The first-order valence-corrected chi connectivity index (χ1v) is 10.2. The molecule has 0 aliphatic rings. The van der Waals surface area contributed by atoms with Crippen molar-refractivity contribution in [3.05, 3.63) is 60.7 Å². The highest BCUT2D eigenvalue weighted by Crippen LogP contribution is 2.32. The lowest BCUT2D eigenvalue weighted by Crippen LogP contribution is -2.20. The van der Waals surface area contributed by atoms with Crippen molar-refractivity contribution in [3.63, 3.8) is 0 Å². The van der Waals surface area contributed by atoms with Crippen LogP contribution in [0.25, 0.3) is 10.8 Å². The average molecular weight is 398 g/mol. The van der Waals surface area contributed by atoms with E-state index in [2.05, 4.69) is 20.4 Å². The summed E-state index contributed by atoms with van der Waals surface area (Å²) in [5, 5.41) is 14.0. The van der Waals surface area contributed by atoms with Crippen molar-refractivity contribution < 1.29 is 13.0 Å². The molecule has 0 radical (unpaired) electrons. The molecule has 8 heteroatoms. The molecule has 28 heavy (non-hydrogen) atoms. The molecular formula is C20H22N4O3S.